The van der Waals surface area contributed by atoms with Crippen molar-refractivity contribution in [2.75, 3.05) is 13.2 Å². The number of aromatic nitrogens is 2. The summed E-state index contributed by atoms with van der Waals surface area (Å²) in [6, 6.07) is 1.24. The lowest BCUT2D eigenvalue weighted by atomic mass is 10.4. The van der Waals surface area contributed by atoms with Crippen molar-refractivity contribution in [2.24, 2.45) is 7.05 Å². The number of hydrogen-bond acceptors (Lipinski definition) is 5. The number of carboxylic acids is 1. The van der Waals surface area contributed by atoms with Gasteiger partial charge in [-0.2, -0.15) is 5.10 Å². The molecule has 1 aromatic rings. The van der Waals surface area contributed by atoms with E-state index < -0.39 is 11.9 Å². The van der Waals surface area contributed by atoms with Crippen molar-refractivity contribution in [1.82, 2.24) is 9.78 Å². The van der Waals surface area contributed by atoms with Gasteiger partial charge in [-0.1, -0.05) is 0 Å². The van der Waals surface area contributed by atoms with Crippen LogP contribution in [0.4, 0.5) is 0 Å². The van der Waals surface area contributed by atoms with Crippen molar-refractivity contribution in [2.45, 2.75) is 6.92 Å². The van der Waals surface area contributed by atoms with E-state index in [0.29, 0.717) is 0 Å². The van der Waals surface area contributed by atoms with Crippen molar-refractivity contribution < 1.29 is 24.2 Å². The SMILES string of the molecule is CCOC(=O)COc1cc(C(=O)O)nn1C. The highest BCUT2D eigenvalue weighted by Gasteiger charge is 2.13. The maximum absolute atomic E-state index is 11.0. The van der Waals surface area contributed by atoms with Crippen LogP contribution in [-0.2, 0) is 16.6 Å². The van der Waals surface area contributed by atoms with Crippen LogP contribution in [0.5, 0.6) is 5.88 Å². The molecule has 88 valence electrons. The molecule has 1 rings (SSSR count). The third-order valence-electron chi connectivity index (χ3n) is 1.70. The number of rotatable bonds is 5. The number of nitrogens with zero attached hydrogens (tertiary/aromatic N) is 2. The molecule has 0 amide bonds. The Labute approximate surface area is 91.6 Å². The number of carbonyl (C=O) groups is 2. The van der Waals surface area contributed by atoms with Gasteiger partial charge in [0.05, 0.1) is 6.61 Å². The molecule has 0 bridgehead atoms. The van der Waals surface area contributed by atoms with E-state index in [1.165, 1.54) is 17.8 Å². The first-order chi connectivity index (χ1) is 7.54. The lowest BCUT2D eigenvalue weighted by Gasteiger charge is -2.04. The molecule has 1 heterocycles. The van der Waals surface area contributed by atoms with Crippen LogP contribution in [0.2, 0.25) is 0 Å². The molecule has 7 nitrogen and oxygen atoms in total. The van der Waals surface area contributed by atoms with E-state index in [-0.39, 0.29) is 24.8 Å². The largest absolute Gasteiger partial charge is 0.476 e. The summed E-state index contributed by atoms with van der Waals surface area (Å²) in [4.78, 5) is 21.6. The molecule has 0 saturated heterocycles. The first-order valence-corrected chi connectivity index (χ1v) is 4.60. The normalized spacial score (nSPS) is 9.88. The summed E-state index contributed by atoms with van der Waals surface area (Å²) in [5.41, 5.74) is -0.138. The van der Waals surface area contributed by atoms with Gasteiger partial charge in [-0.15, -0.1) is 0 Å². The Bertz CT molecular complexity index is 399. The standard InChI is InChI=1S/C9H12N2O5/c1-3-15-8(12)5-16-7-4-6(9(13)14)10-11(7)2/h4H,3,5H2,1-2H3,(H,13,14). The van der Waals surface area contributed by atoms with Gasteiger partial charge in [0.15, 0.2) is 12.3 Å². The number of aromatic carboxylic acids is 1. The minimum atomic E-state index is -1.15. The van der Waals surface area contributed by atoms with Gasteiger partial charge in [0.2, 0.25) is 5.88 Å². The molecule has 7 heteroatoms. The zero-order valence-electron chi connectivity index (χ0n) is 8.97. The van der Waals surface area contributed by atoms with Gasteiger partial charge in [-0.05, 0) is 6.92 Å². The minimum Gasteiger partial charge on any atom is -0.476 e. The van der Waals surface area contributed by atoms with Crippen molar-refractivity contribution in [1.29, 1.82) is 0 Å². The lowest BCUT2D eigenvalue weighted by Crippen LogP contribution is -2.15. The summed E-state index contributed by atoms with van der Waals surface area (Å²) in [5.74, 6) is -1.47. The van der Waals surface area contributed by atoms with E-state index in [0.717, 1.165) is 0 Å². The summed E-state index contributed by atoms with van der Waals surface area (Å²) < 4.78 is 10.9. The van der Waals surface area contributed by atoms with Crippen LogP contribution in [0.25, 0.3) is 0 Å². The van der Waals surface area contributed by atoms with E-state index in [2.05, 4.69) is 9.84 Å². The minimum absolute atomic E-state index is 0.138. The number of hydrogen-bond donors (Lipinski definition) is 1. The summed E-state index contributed by atoms with van der Waals surface area (Å²) >= 11 is 0. The van der Waals surface area contributed by atoms with Crippen molar-refractivity contribution in [3.8, 4) is 5.88 Å². The molecule has 0 aliphatic heterocycles. The number of aryl methyl sites for hydroxylation is 1. The van der Waals surface area contributed by atoms with Crippen molar-refractivity contribution in [3.05, 3.63) is 11.8 Å². The van der Waals surface area contributed by atoms with E-state index in [1.807, 2.05) is 0 Å². The van der Waals surface area contributed by atoms with Gasteiger partial charge in [0, 0.05) is 13.1 Å². The highest BCUT2D eigenvalue weighted by molar-refractivity contribution is 5.85. The number of carboxylic acid groups (broad SMARTS) is 1. The molecule has 0 spiro atoms. The van der Waals surface area contributed by atoms with Gasteiger partial charge in [-0.25, -0.2) is 14.3 Å². The van der Waals surface area contributed by atoms with Crippen LogP contribution >= 0.6 is 0 Å². The number of ether oxygens (including phenoxy) is 2. The van der Waals surface area contributed by atoms with Gasteiger partial charge < -0.3 is 14.6 Å². The van der Waals surface area contributed by atoms with Crippen LogP contribution in [0.1, 0.15) is 17.4 Å². The van der Waals surface area contributed by atoms with Gasteiger partial charge in [-0.3, -0.25) is 0 Å². The average Bonchev–Trinajstić information content (AvgIpc) is 2.58. The molecular formula is C9H12N2O5. The molecule has 0 radical (unpaired) electrons. The molecule has 16 heavy (non-hydrogen) atoms. The monoisotopic (exact) mass is 228 g/mol. The van der Waals surface area contributed by atoms with Gasteiger partial charge in [0.25, 0.3) is 0 Å². The third-order valence-corrected chi connectivity index (χ3v) is 1.70. The fraction of sp³-hybridized carbons (Fsp3) is 0.444. The van der Waals surface area contributed by atoms with Crippen molar-refractivity contribution in [3.63, 3.8) is 0 Å². The first kappa shape index (κ1) is 12.0. The molecule has 1 aromatic heterocycles. The molecular weight excluding hydrogens is 216 g/mol. The Morgan fingerprint density at radius 2 is 2.25 bits per heavy atom. The van der Waals surface area contributed by atoms with Crippen molar-refractivity contribution >= 4 is 11.9 Å². The third kappa shape index (κ3) is 2.97. The molecule has 1 N–H and O–H groups in total. The Balaban J connectivity index is 2.60. The Morgan fingerprint density at radius 3 is 2.75 bits per heavy atom. The second kappa shape index (κ2) is 5.15. The zero-order valence-corrected chi connectivity index (χ0v) is 8.97. The van der Waals surface area contributed by atoms with E-state index in [4.69, 9.17) is 9.84 Å². The summed E-state index contributed by atoms with van der Waals surface area (Å²) in [5, 5.41) is 12.3. The quantitative estimate of drug-likeness (QED) is 0.716. The van der Waals surface area contributed by atoms with Crippen LogP contribution in [-0.4, -0.2) is 40.0 Å². The van der Waals surface area contributed by atoms with Crippen LogP contribution in [0, 0.1) is 0 Å². The van der Waals surface area contributed by atoms with E-state index >= 15 is 0 Å². The molecule has 0 unspecified atom stereocenters. The molecule has 0 aliphatic carbocycles. The maximum atomic E-state index is 11.0. The topological polar surface area (TPSA) is 90.7 Å². The molecule has 0 aromatic carbocycles. The molecule has 0 aliphatic rings. The van der Waals surface area contributed by atoms with Crippen LogP contribution < -0.4 is 4.74 Å². The van der Waals surface area contributed by atoms with E-state index in [9.17, 15) is 9.59 Å². The molecule has 0 fully saturated rings. The number of carbonyl (C=O) groups excluding carboxylic acids is 1. The van der Waals surface area contributed by atoms with Crippen LogP contribution in [0.15, 0.2) is 6.07 Å². The van der Waals surface area contributed by atoms with Gasteiger partial charge in [0.1, 0.15) is 0 Å². The van der Waals surface area contributed by atoms with E-state index in [1.54, 1.807) is 6.92 Å². The number of esters is 1. The Kier molecular flexibility index (Phi) is 3.87. The Morgan fingerprint density at radius 1 is 1.56 bits per heavy atom. The Hall–Kier alpha value is -2.05. The second-order valence-corrected chi connectivity index (χ2v) is 2.89. The summed E-state index contributed by atoms with van der Waals surface area (Å²) in [6.07, 6.45) is 0. The highest BCUT2D eigenvalue weighted by atomic mass is 16.6. The fourth-order valence-corrected chi connectivity index (χ4v) is 1.03. The molecule has 0 saturated carbocycles. The zero-order chi connectivity index (χ0) is 12.1. The smallest absolute Gasteiger partial charge is 0.356 e. The highest BCUT2D eigenvalue weighted by Crippen LogP contribution is 2.11. The molecule has 0 atom stereocenters. The van der Waals surface area contributed by atoms with Gasteiger partial charge >= 0.3 is 11.9 Å². The first-order valence-electron chi connectivity index (χ1n) is 4.60. The predicted molar refractivity (Wildman–Crippen MR) is 52.3 cm³/mol. The average molecular weight is 228 g/mol. The summed E-state index contributed by atoms with van der Waals surface area (Å²) in [6.45, 7) is 1.69. The fourth-order valence-electron chi connectivity index (χ4n) is 1.03. The maximum Gasteiger partial charge on any atom is 0.356 e. The lowest BCUT2D eigenvalue weighted by molar-refractivity contribution is -0.145. The second-order valence-electron chi connectivity index (χ2n) is 2.89. The van der Waals surface area contributed by atoms with Crippen LogP contribution in [0.3, 0.4) is 0 Å². The summed E-state index contributed by atoms with van der Waals surface area (Å²) in [7, 11) is 1.52. The predicted octanol–water partition coefficient (Wildman–Crippen LogP) is 0.0602.